The lowest BCUT2D eigenvalue weighted by molar-refractivity contribution is 0.237. The number of unbranched alkanes of at least 4 members (excludes halogenated alkanes) is 1. The number of anilines is 1. The third kappa shape index (κ3) is 5.98. The van der Waals surface area contributed by atoms with Gasteiger partial charge in [-0.3, -0.25) is 5.32 Å². The lowest BCUT2D eigenvalue weighted by Gasteiger charge is -2.15. The molecule has 0 fully saturated rings. The molecule has 1 unspecified atom stereocenters. The maximum atomic E-state index is 11.7. The van der Waals surface area contributed by atoms with Gasteiger partial charge in [0.15, 0.2) is 0 Å². The number of aliphatic hydroxyl groups excluding tert-OH is 1. The zero-order chi connectivity index (χ0) is 14.1. The van der Waals surface area contributed by atoms with E-state index in [9.17, 15) is 4.79 Å². The summed E-state index contributed by atoms with van der Waals surface area (Å²) in [5.74, 6) is 0. The van der Waals surface area contributed by atoms with E-state index in [0.29, 0.717) is 11.6 Å². The minimum Gasteiger partial charge on any atom is -0.396 e. The van der Waals surface area contributed by atoms with Crippen molar-refractivity contribution in [1.29, 1.82) is 0 Å². The Morgan fingerprint density at radius 3 is 2.84 bits per heavy atom. The monoisotopic (exact) mass is 286 g/mol. The molecule has 0 aliphatic heterocycles. The second-order valence-electron chi connectivity index (χ2n) is 4.32. The molecule has 0 aromatic carbocycles. The molecule has 108 valence electrons. The first-order valence-electron chi connectivity index (χ1n) is 6.70. The molecular weight excluding hydrogens is 264 g/mol. The standard InChI is InChI=1S/C12H22N4O2S/c1-3-5-6-10-15-16-12(19-10)14-11(18)13-9(4-2)7-8-17/h9,17H,3-8H2,1-2H3,(H2,13,14,16,18). The predicted octanol–water partition coefficient (Wildman–Crippen LogP) is 2.16. The highest BCUT2D eigenvalue weighted by atomic mass is 32.1. The summed E-state index contributed by atoms with van der Waals surface area (Å²) in [6.07, 6.45) is 4.44. The number of aromatic nitrogens is 2. The van der Waals surface area contributed by atoms with Crippen LogP contribution in [0.25, 0.3) is 0 Å². The smallest absolute Gasteiger partial charge is 0.321 e. The summed E-state index contributed by atoms with van der Waals surface area (Å²) in [6.45, 7) is 4.16. The molecular formula is C12H22N4O2S. The molecule has 0 spiro atoms. The van der Waals surface area contributed by atoms with Crippen molar-refractivity contribution in [2.45, 2.75) is 52.0 Å². The van der Waals surface area contributed by atoms with E-state index < -0.39 is 0 Å². The van der Waals surface area contributed by atoms with Gasteiger partial charge in [-0.15, -0.1) is 10.2 Å². The van der Waals surface area contributed by atoms with Crippen LogP contribution < -0.4 is 10.6 Å². The van der Waals surface area contributed by atoms with Gasteiger partial charge in [-0.1, -0.05) is 31.6 Å². The summed E-state index contributed by atoms with van der Waals surface area (Å²) in [6, 6.07) is -0.309. The first-order chi connectivity index (χ1) is 9.19. The number of hydrogen-bond donors (Lipinski definition) is 3. The number of urea groups is 1. The van der Waals surface area contributed by atoms with Gasteiger partial charge in [0.05, 0.1) is 0 Å². The number of aliphatic hydroxyl groups is 1. The van der Waals surface area contributed by atoms with Crippen LogP contribution in [0, 0.1) is 0 Å². The quantitative estimate of drug-likeness (QED) is 0.683. The molecule has 3 N–H and O–H groups in total. The molecule has 6 nitrogen and oxygen atoms in total. The molecule has 1 rings (SSSR count). The molecule has 1 heterocycles. The topological polar surface area (TPSA) is 87.1 Å². The summed E-state index contributed by atoms with van der Waals surface area (Å²) in [5.41, 5.74) is 0. The van der Waals surface area contributed by atoms with Crippen LogP contribution in [-0.4, -0.2) is 34.0 Å². The van der Waals surface area contributed by atoms with E-state index in [1.165, 1.54) is 11.3 Å². The summed E-state index contributed by atoms with van der Waals surface area (Å²) in [4.78, 5) is 11.7. The van der Waals surface area contributed by atoms with E-state index in [-0.39, 0.29) is 18.7 Å². The third-order valence-electron chi connectivity index (χ3n) is 2.74. The number of carbonyl (C=O) groups excluding carboxylic acids is 1. The van der Waals surface area contributed by atoms with Gasteiger partial charge in [0.25, 0.3) is 0 Å². The molecule has 7 heteroatoms. The fourth-order valence-electron chi connectivity index (χ4n) is 1.59. The maximum absolute atomic E-state index is 11.7. The van der Waals surface area contributed by atoms with Crippen molar-refractivity contribution in [2.24, 2.45) is 0 Å². The number of aryl methyl sites for hydroxylation is 1. The van der Waals surface area contributed by atoms with Gasteiger partial charge in [0.2, 0.25) is 5.13 Å². The van der Waals surface area contributed by atoms with Crippen LogP contribution in [0.2, 0.25) is 0 Å². The average Bonchev–Trinajstić information content (AvgIpc) is 2.83. The van der Waals surface area contributed by atoms with Crippen molar-refractivity contribution in [3.05, 3.63) is 5.01 Å². The fraction of sp³-hybridized carbons (Fsp3) is 0.750. The molecule has 0 aliphatic carbocycles. The third-order valence-corrected chi connectivity index (χ3v) is 3.64. The van der Waals surface area contributed by atoms with Gasteiger partial charge in [0, 0.05) is 19.1 Å². The molecule has 0 bridgehead atoms. The predicted molar refractivity (Wildman–Crippen MR) is 76.5 cm³/mol. The van der Waals surface area contributed by atoms with Crippen LogP contribution >= 0.6 is 11.3 Å². The number of nitrogens with one attached hydrogen (secondary N) is 2. The molecule has 0 aliphatic rings. The van der Waals surface area contributed by atoms with Gasteiger partial charge in [-0.05, 0) is 19.3 Å². The minimum atomic E-state index is -0.293. The zero-order valence-electron chi connectivity index (χ0n) is 11.5. The van der Waals surface area contributed by atoms with Crippen molar-refractivity contribution >= 4 is 22.5 Å². The highest BCUT2D eigenvalue weighted by molar-refractivity contribution is 7.15. The lowest BCUT2D eigenvalue weighted by atomic mass is 10.2. The minimum absolute atomic E-state index is 0.0162. The van der Waals surface area contributed by atoms with Gasteiger partial charge < -0.3 is 10.4 Å². The first kappa shape index (κ1) is 15.8. The fourth-order valence-corrected chi connectivity index (χ4v) is 2.36. The van der Waals surface area contributed by atoms with Crippen molar-refractivity contribution in [3.63, 3.8) is 0 Å². The van der Waals surface area contributed by atoms with E-state index >= 15 is 0 Å². The van der Waals surface area contributed by atoms with Crippen molar-refractivity contribution in [1.82, 2.24) is 15.5 Å². The Bertz CT molecular complexity index is 384. The molecule has 19 heavy (non-hydrogen) atoms. The van der Waals surface area contributed by atoms with Crippen LogP contribution in [0.15, 0.2) is 0 Å². The van der Waals surface area contributed by atoms with E-state index in [0.717, 1.165) is 30.7 Å². The Hall–Kier alpha value is -1.21. The number of hydrogen-bond acceptors (Lipinski definition) is 5. The summed E-state index contributed by atoms with van der Waals surface area (Å²) in [5, 5.41) is 23.8. The SMILES string of the molecule is CCCCc1nnc(NC(=O)NC(CC)CCO)s1. The van der Waals surface area contributed by atoms with Crippen LogP contribution in [0.5, 0.6) is 0 Å². The summed E-state index contributed by atoms with van der Waals surface area (Å²) < 4.78 is 0. The molecule has 0 saturated heterocycles. The Balaban J connectivity index is 2.40. The number of nitrogens with zero attached hydrogens (tertiary/aromatic N) is 2. The Kier molecular flexibility index (Phi) is 7.35. The van der Waals surface area contributed by atoms with Gasteiger partial charge in [0.1, 0.15) is 5.01 Å². The van der Waals surface area contributed by atoms with Crippen molar-refractivity contribution < 1.29 is 9.90 Å². The second-order valence-corrected chi connectivity index (χ2v) is 5.38. The Labute approximate surface area is 117 Å². The lowest BCUT2D eigenvalue weighted by Crippen LogP contribution is -2.38. The number of amides is 2. The van der Waals surface area contributed by atoms with E-state index in [1.54, 1.807) is 0 Å². The molecule has 1 atom stereocenters. The van der Waals surface area contributed by atoms with Crippen LogP contribution in [0.4, 0.5) is 9.93 Å². The highest BCUT2D eigenvalue weighted by Crippen LogP contribution is 2.16. The first-order valence-corrected chi connectivity index (χ1v) is 7.52. The van der Waals surface area contributed by atoms with E-state index in [2.05, 4.69) is 27.8 Å². The number of carbonyl (C=O) groups is 1. The average molecular weight is 286 g/mol. The molecule has 2 amide bonds. The molecule has 0 saturated carbocycles. The van der Waals surface area contributed by atoms with Gasteiger partial charge in [-0.25, -0.2) is 4.79 Å². The highest BCUT2D eigenvalue weighted by Gasteiger charge is 2.12. The van der Waals surface area contributed by atoms with E-state index in [1.807, 2.05) is 6.92 Å². The normalized spacial score (nSPS) is 12.2. The van der Waals surface area contributed by atoms with Gasteiger partial charge in [-0.2, -0.15) is 0 Å². The zero-order valence-corrected chi connectivity index (χ0v) is 12.3. The summed E-state index contributed by atoms with van der Waals surface area (Å²) in [7, 11) is 0. The molecule has 0 radical (unpaired) electrons. The molecule has 1 aromatic heterocycles. The van der Waals surface area contributed by atoms with Crippen molar-refractivity contribution in [2.75, 3.05) is 11.9 Å². The largest absolute Gasteiger partial charge is 0.396 e. The van der Waals surface area contributed by atoms with Crippen LogP contribution in [0.3, 0.4) is 0 Å². The van der Waals surface area contributed by atoms with Crippen molar-refractivity contribution in [3.8, 4) is 0 Å². The van der Waals surface area contributed by atoms with Gasteiger partial charge >= 0.3 is 6.03 Å². The van der Waals surface area contributed by atoms with Crippen LogP contribution in [-0.2, 0) is 6.42 Å². The maximum Gasteiger partial charge on any atom is 0.321 e. The Morgan fingerprint density at radius 2 is 2.21 bits per heavy atom. The van der Waals surface area contributed by atoms with E-state index in [4.69, 9.17) is 5.11 Å². The number of rotatable bonds is 8. The summed E-state index contributed by atoms with van der Waals surface area (Å²) >= 11 is 1.41. The Morgan fingerprint density at radius 1 is 1.42 bits per heavy atom. The van der Waals surface area contributed by atoms with Crippen LogP contribution in [0.1, 0.15) is 44.5 Å². The second kappa shape index (κ2) is 8.82. The molecule has 1 aromatic rings.